The van der Waals surface area contributed by atoms with Crippen molar-refractivity contribution in [3.63, 3.8) is 0 Å². The molecule has 1 aromatic carbocycles. The maximum Gasteiger partial charge on any atom is 0.573 e. The molecule has 3 N–H and O–H groups in total. The lowest BCUT2D eigenvalue weighted by Gasteiger charge is -2.15. The minimum absolute atomic E-state index is 0.0137. The first-order valence-electron chi connectivity index (χ1n) is 10.4. The van der Waals surface area contributed by atoms with Crippen LogP contribution in [0.3, 0.4) is 0 Å². The van der Waals surface area contributed by atoms with E-state index in [2.05, 4.69) is 25.1 Å². The molecular weight excluding hydrogens is 481 g/mol. The summed E-state index contributed by atoms with van der Waals surface area (Å²) in [6.07, 6.45) is -0.898. The number of hydrogen-bond donors (Lipinski definition) is 2. The van der Waals surface area contributed by atoms with Gasteiger partial charge in [-0.2, -0.15) is 5.26 Å². The Morgan fingerprint density at radius 1 is 1.17 bits per heavy atom. The lowest BCUT2D eigenvalue weighted by molar-refractivity contribution is -0.274. The van der Waals surface area contributed by atoms with Crippen LogP contribution in [0.1, 0.15) is 22.3 Å². The quantitative estimate of drug-likeness (QED) is 0.394. The van der Waals surface area contributed by atoms with Crippen LogP contribution in [0.2, 0.25) is 0 Å². The number of nitrogens with zero attached hydrogens (tertiary/aromatic N) is 6. The van der Waals surface area contributed by atoms with Crippen molar-refractivity contribution in [2.24, 2.45) is 0 Å². The monoisotopic (exact) mass is 498 g/mol. The second-order valence-corrected chi connectivity index (χ2v) is 7.44. The number of nitrogen functional groups attached to an aromatic ring is 1. The molecule has 11 nitrogen and oxygen atoms in total. The summed E-state index contributed by atoms with van der Waals surface area (Å²) >= 11 is 0. The van der Waals surface area contributed by atoms with Crippen LogP contribution in [0.4, 0.5) is 19.1 Å². The number of anilines is 1. The number of nitriles is 1. The molecule has 0 atom stereocenters. The molecule has 36 heavy (non-hydrogen) atoms. The number of fused-ring (bicyclic) bond motifs is 1. The van der Waals surface area contributed by atoms with Crippen molar-refractivity contribution < 1.29 is 22.7 Å². The van der Waals surface area contributed by atoms with E-state index in [9.17, 15) is 22.8 Å². The molecule has 3 heterocycles. The molecule has 0 radical (unpaired) electrons. The second kappa shape index (κ2) is 9.74. The zero-order valence-electron chi connectivity index (χ0n) is 18.4. The number of halogens is 3. The molecule has 184 valence electrons. The summed E-state index contributed by atoms with van der Waals surface area (Å²) in [5.74, 6) is -1.13. The van der Waals surface area contributed by atoms with Crippen molar-refractivity contribution in [1.29, 1.82) is 5.26 Å². The largest absolute Gasteiger partial charge is 0.573 e. The Bertz CT molecular complexity index is 1520. The fourth-order valence-corrected chi connectivity index (χ4v) is 3.32. The smallest absolute Gasteiger partial charge is 0.405 e. The zero-order valence-corrected chi connectivity index (χ0v) is 18.4. The van der Waals surface area contributed by atoms with Crippen LogP contribution in [0.25, 0.3) is 16.8 Å². The van der Waals surface area contributed by atoms with Gasteiger partial charge in [-0.25, -0.2) is 23.8 Å². The Labute approximate surface area is 200 Å². The number of pyridine rings is 1. The van der Waals surface area contributed by atoms with Gasteiger partial charge in [0, 0.05) is 36.3 Å². The first-order valence-corrected chi connectivity index (χ1v) is 10.4. The van der Waals surface area contributed by atoms with Crippen LogP contribution in [0, 0.1) is 11.3 Å². The summed E-state index contributed by atoms with van der Waals surface area (Å²) in [4.78, 5) is 32.7. The predicted octanol–water partition coefficient (Wildman–Crippen LogP) is 2.28. The normalized spacial score (nSPS) is 11.3. The number of nitrogens with two attached hydrogens (primary N) is 1. The Morgan fingerprint density at radius 3 is 2.61 bits per heavy atom. The molecule has 1 amide bonds. The molecule has 0 saturated carbocycles. The van der Waals surface area contributed by atoms with Crippen molar-refractivity contribution in [3.05, 3.63) is 70.5 Å². The van der Waals surface area contributed by atoms with Crippen molar-refractivity contribution in [2.45, 2.75) is 25.9 Å². The molecule has 0 bridgehead atoms. The summed E-state index contributed by atoms with van der Waals surface area (Å²) in [6, 6.07) is 8.84. The van der Waals surface area contributed by atoms with Crippen LogP contribution >= 0.6 is 0 Å². The third-order valence-corrected chi connectivity index (χ3v) is 5.01. The van der Waals surface area contributed by atoms with E-state index in [0.717, 1.165) is 15.1 Å². The molecular formula is C22H17F3N8O3. The van der Waals surface area contributed by atoms with Crippen molar-refractivity contribution >= 4 is 17.5 Å². The highest BCUT2D eigenvalue weighted by Gasteiger charge is 2.32. The zero-order chi connectivity index (χ0) is 25.9. The second-order valence-electron chi connectivity index (χ2n) is 7.44. The van der Waals surface area contributed by atoms with Crippen LogP contribution in [0.5, 0.6) is 5.75 Å². The summed E-state index contributed by atoms with van der Waals surface area (Å²) in [7, 11) is 0. The average Bonchev–Trinajstić information content (AvgIpc) is 3.16. The Hall–Kier alpha value is -4.93. The van der Waals surface area contributed by atoms with E-state index in [-0.39, 0.29) is 42.2 Å². The SMILES string of the molecule is N#CCCn1nc2ccc(C(=O)NCc3ccc(-c4cnc(N)nc4)cc3OC(F)(F)F)cn2c1=O. The fourth-order valence-electron chi connectivity index (χ4n) is 3.32. The van der Waals surface area contributed by atoms with Gasteiger partial charge in [0.25, 0.3) is 5.91 Å². The molecule has 0 aliphatic heterocycles. The van der Waals surface area contributed by atoms with Crippen LogP contribution in [0.15, 0.2) is 53.7 Å². The van der Waals surface area contributed by atoms with Crippen molar-refractivity contribution in [3.8, 4) is 22.9 Å². The van der Waals surface area contributed by atoms with E-state index in [1.165, 1.54) is 42.9 Å². The number of alkyl halides is 3. The lowest BCUT2D eigenvalue weighted by Crippen LogP contribution is -2.26. The van der Waals surface area contributed by atoms with Crippen molar-refractivity contribution in [2.75, 3.05) is 5.73 Å². The molecule has 3 aromatic heterocycles. The molecule has 0 unspecified atom stereocenters. The minimum atomic E-state index is -4.97. The number of hydrogen-bond acceptors (Lipinski definition) is 8. The summed E-state index contributed by atoms with van der Waals surface area (Å²) < 4.78 is 45.5. The molecule has 0 aliphatic rings. The topological polar surface area (TPSA) is 153 Å². The third-order valence-electron chi connectivity index (χ3n) is 5.01. The van der Waals surface area contributed by atoms with Gasteiger partial charge in [0.15, 0.2) is 5.65 Å². The number of aryl methyl sites for hydroxylation is 1. The van der Waals surface area contributed by atoms with E-state index >= 15 is 0 Å². The summed E-state index contributed by atoms with van der Waals surface area (Å²) in [5.41, 5.74) is 6.10. The number of carbonyl (C=O) groups is 1. The number of rotatable bonds is 7. The van der Waals surface area contributed by atoms with Gasteiger partial charge in [-0.1, -0.05) is 12.1 Å². The van der Waals surface area contributed by atoms with E-state index in [1.807, 2.05) is 6.07 Å². The van der Waals surface area contributed by atoms with E-state index in [1.54, 1.807) is 0 Å². The van der Waals surface area contributed by atoms with Crippen LogP contribution in [-0.4, -0.2) is 36.4 Å². The molecule has 4 aromatic rings. The molecule has 0 spiro atoms. The highest BCUT2D eigenvalue weighted by molar-refractivity contribution is 5.94. The number of aromatic nitrogens is 5. The first-order chi connectivity index (χ1) is 17.1. The molecule has 0 aliphatic carbocycles. The van der Waals surface area contributed by atoms with Crippen LogP contribution < -0.4 is 21.5 Å². The van der Waals surface area contributed by atoms with Gasteiger partial charge in [0.2, 0.25) is 5.95 Å². The molecule has 14 heteroatoms. The van der Waals surface area contributed by atoms with Gasteiger partial charge >= 0.3 is 12.1 Å². The van der Waals surface area contributed by atoms with Gasteiger partial charge in [0.1, 0.15) is 5.75 Å². The number of carbonyl (C=O) groups excluding carboxylic acids is 1. The molecule has 4 rings (SSSR count). The first kappa shape index (κ1) is 24.2. The highest BCUT2D eigenvalue weighted by atomic mass is 19.4. The third kappa shape index (κ3) is 5.41. The Balaban J connectivity index is 1.56. The number of amides is 1. The standard InChI is InChI=1S/C22H17F3N8O3/c23-22(24,25)36-17-8-13(16-10-29-20(27)30-11-16)2-3-14(17)9-28-19(34)15-4-5-18-31-33(7-1-6-26)21(35)32(18)12-15/h2-5,8,10-12H,1,7,9H2,(H,28,34)(H2,27,29,30). The number of benzene rings is 1. The van der Waals surface area contributed by atoms with E-state index in [4.69, 9.17) is 11.0 Å². The average molecular weight is 498 g/mol. The van der Waals surface area contributed by atoms with Gasteiger partial charge in [-0.15, -0.1) is 18.3 Å². The van der Waals surface area contributed by atoms with Gasteiger partial charge in [-0.05, 0) is 23.8 Å². The lowest BCUT2D eigenvalue weighted by atomic mass is 10.1. The number of nitrogens with one attached hydrogen (secondary N) is 1. The van der Waals surface area contributed by atoms with Gasteiger partial charge in [-0.3, -0.25) is 4.79 Å². The van der Waals surface area contributed by atoms with Gasteiger partial charge < -0.3 is 15.8 Å². The van der Waals surface area contributed by atoms with Crippen molar-refractivity contribution in [1.82, 2.24) is 29.5 Å². The summed E-state index contributed by atoms with van der Waals surface area (Å²) in [6.45, 7) is -0.198. The number of ether oxygens (including phenoxy) is 1. The maximum absolute atomic E-state index is 13.0. The van der Waals surface area contributed by atoms with E-state index in [0.29, 0.717) is 11.1 Å². The highest BCUT2D eigenvalue weighted by Crippen LogP contribution is 2.31. The maximum atomic E-state index is 13.0. The minimum Gasteiger partial charge on any atom is -0.405 e. The van der Waals surface area contributed by atoms with Crippen LogP contribution in [-0.2, 0) is 13.1 Å². The molecule has 0 saturated heterocycles. The Morgan fingerprint density at radius 2 is 1.92 bits per heavy atom. The van der Waals surface area contributed by atoms with Gasteiger partial charge in [0.05, 0.1) is 24.6 Å². The summed E-state index contributed by atoms with van der Waals surface area (Å²) in [5, 5.41) is 15.3. The Kier molecular flexibility index (Phi) is 6.55. The fraction of sp³-hybridized carbons (Fsp3) is 0.182. The van der Waals surface area contributed by atoms with E-state index < -0.39 is 23.7 Å². The predicted molar refractivity (Wildman–Crippen MR) is 119 cm³/mol. The molecule has 0 fully saturated rings.